The summed E-state index contributed by atoms with van der Waals surface area (Å²) in [5.74, 6) is -0.454. The van der Waals surface area contributed by atoms with Crippen molar-refractivity contribution in [3.8, 4) is 5.75 Å². The molecular weight excluding hydrogens is 302 g/mol. The number of carboxylic acid groups (broad SMARTS) is 1. The van der Waals surface area contributed by atoms with Crippen molar-refractivity contribution in [1.82, 2.24) is 4.90 Å². The molecule has 1 aromatic heterocycles. The number of hydrogen-bond donors (Lipinski definition) is 1. The molecule has 2 aromatic rings. The lowest BCUT2D eigenvalue weighted by molar-refractivity contribution is 0.0701. The topological polar surface area (TPSA) is 66.8 Å². The first kappa shape index (κ1) is 16.0. The summed E-state index contributed by atoms with van der Waals surface area (Å²) >= 11 is 0.985. The predicted octanol–water partition coefficient (Wildman–Crippen LogP) is 3.29. The Bertz CT molecular complexity index is 678. The number of benzene rings is 1. The van der Waals surface area contributed by atoms with E-state index in [1.165, 1.54) is 6.07 Å². The lowest BCUT2D eigenvalue weighted by Gasteiger charge is -2.25. The average molecular weight is 319 g/mol. The molecule has 1 atom stereocenters. The second kappa shape index (κ2) is 6.62. The Labute approximate surface area is 132 Å². The summed E-state index contributed by atoms with van der Waals surface area (Å²) in [6, 6.07) is 10.4. The SMILES string of the molecule is COc1ccc([C@@H](C)N(C)C(=O)c2ccc(C(=O)O)s2)cc1. The third kappa shape index (κ3) is 3.28. The van der Waals surface area contributed by atoms with Gasteiger partial charge in [0.25, 0.3) is 5.91 Å². The smallest absolute Gasteiger partial charge is 0.345 e. The molecule has 1 N–H and O–H groups in total. The van der Waals surface area contributed by atoms with Crippen LogP contribution in [0.3, 0.4) is 0 Å². The summed E-state index contributed by atoms with van der Waals surface area (Å²) in [7, 11) is 3.31. The zero-order valence-corrected chi connectivity index (χ0v) is 13.4. The molecule has 2 rings (SSSR count). The molecule has 0 saturated heterocycles. The van der Waals surface area contributed by atoms with Crippen LogP contribution in [0, 0.1) is 0 Å². The van der Waals surface area contributed by atoms with E-state index in [0.717, 1.165) is 22.6 Å². The highest BCUT2D eigenvalue weighted by atomic mass is 32.1. The van der Waals surface area contributed by atoms with E-state index in [-0.39, 0.29) is 16.8 Å². The Morgan fingerprint density at radius 2 is 1.73 bits per heavy atom. The number of methoxy groups -OCH3 is 1. The Morgan fingerprint density at radius 3 is 2.23 bits per heavy atom. The lowest BCUT2D eigenvalue weighted by Crippen LogP contribution is -2.29. The van der Waals surface area contributed by atoms with Crippen LogP contribution in [-0.2, 0) is 0 Å². The molecule has 1 heterocycles. The summed E-state index contributed by atoms with van der Waals surface area (Å²) < 4.78 is 5.12. The van der Waals surface area contributed by atoms with Crippen LogP contribution < -0.4 is 4.74 Å². The molecule has 1 amide bonds. The van der Waals surface area contributed by atoms with Gasteiger partial charge in [0.2, 0.25) is 0 Å². The average Bonchev–Trinajstić information content (AvgIpc) is 3.03. The standard InChI is InChI=1S/C16H17NO4S/c1-10(11-4-6-12(21-3)7-5-11)17(2)15(18)13-8-9-14(22-13)16(19)20/h4-10H,1-3H3,(H,19,20)/t10-/m1/s1. The minimum Gasteiger partial charge on any atom is -0.497 e. The fourth-order valence-electron chi connectivity index (χ4n) is 2.02. The van der Waals surface area contributed by atoms with Crippen molar-refractivity contribution in [1.29, 1.82) is 0 Å². The van der Waals surface area contributed by atoms with E-state index >= 15 is 0 Å². The number of ether oxygens (including phenoxy) is 1. The molecule has 0 radical (unpaired) electrons. The van der Waals surface area contributed by atoms with Crippen molar-refractivity contribution >= 4 is 23.2 Å². The van der Waals surface area contributed by atoms with Crippen LogP contribution in [0.4, 0.5) is 0 Å². The Hall–Kier alpha value is -2.34. The first-order valence-corrected chi connectivity index (χ1v) is 7.50. The highest BCUT2D eigenvalue weighted by molar-refractivity contribution is 7.15. The van der Waals surface area contributed by atoms with Crippen LogP contribution in [0.5, 0.6) is 5.75 Å². The zero-order valence-electron chi connectivity index (χ0n) is 12.6. The summed E-state index contributed by atoms with van der Waals surface area (Å²) in [4.78, 5) is 25.5. The molecule has 0 fully saturated rings. The fourth-order valence-corrected chi connectivity index (χ4v) is 2.85. The van der Waals surface area contributed by atoms with Gasteiger partial charge in [-0.1, -0.05) is 12.1 Å². The van der Waals surface area contributed by atoms with Crippen molar-refractivity contribution in [2.75, 3.05) is 14.2 Å². The maximum atomic E-state index is 12.4. The Morgan fingerprint density at radius 1 is 1.14 bits per heavy atom. The number of nitrogens with zero attached hydrogens (tertiary/aromatic N) is 1. The van der Waals surface area contributed by atoms with Crippen molar-refractivity contribution < 1.29 is 19.4 Å². The second-order valence-corrected chi connectivity index (χ2v) is 5.92. The maximum absolute atomic E-state index is 12.4. The summed E-state index contributed by atoms with van der Waals surface area (Å²) in [6.45, 7) is 1.92. The summed E-state index contributed by atoms with van der Waals surface area (Å²) in [5.41, 5.74) is 0.978. The van der Waals surface area contributed by atoms with Crippen molar-refractivity contribution in [2.24, 2.45) is 0 Å². The normalized spacial score (nSPS) is 11.8. The van der Waals surface area contributed by atoms with Crippen molar-refractivity contribution in [3.63, 3.8) is 0 Å². The van der Waals surface area contributed by atoms with Crippen LogP contribution >= 0.6 is 11.3 Å². The van der Waals surface area contributed by atoms with E-state index in [9.17, 15) is 9.59 Å². The zero-order chi connectivity index (χ0) is 16.3. The lowest BCUT2D eigenvalue weighted by atomic mass is 10.1. The first-order valence-electron chi connectivity index (χ1n) is 6.68. The number of carboxylic acids is 1. The van der Waals surface area contributed by atoms with Gasteiger partial charge in [0.1, 0.15) is 10.6 Å². The van der Waals surface area contributed by atoms with Gasteiger partial charge in [0.15, 0.2) is 0 Å². The molecule has 22 heavy (non-hydrogen) atoms. The van der Waals surface area contributed by atoms with Gasteiger partial charge < -0.3 is 14.7 Å². The number of rotatable bonds is 5. The third-order valence-corrected chi connectivity index (χ3v) is 4.59. The molecule has 116 valence electrons. The minimum absolute atomic E-state index is 0.131. The first-order chi connectivity index (χ1) is 10.4. The van der Waals surface area contributed by atoms with Gasteiger partial charge in [-0.3, -0.25) is 4.79 Å². The molecule has 5 nitrogen and oxygen atoms in total. The van der Waals surface area contributed by atoms with Gasteiger partial charge in [-0.15, -0.1) is 11.3 Å². The van der Waals surface area contributed by atoms with Gasteiger partial charge in [0.05, 0.1) is 18.0 Å². The van der Waals surface area contributed by atoms with E-state index in [1.54, 1.807) is 25.1 Å². The number of carbonyl (C=O) groups is 2. The quantitative estimate of drug-likeness (QED) is 0.918. The summed E-state index contributed by atoms with van der Waals surface area (Å²) in [5, 5.41) is 8.93. The van der Waals surface area contributed by atoms with Crippen molar-refractivity contribution in [2.45, 2.75) is 13.0 Å². The maximum Gasteiger partial charge on any atom is 0.345 e. The van der Waals surface area contributed by atoms with Crippen LogP contribution in [0.1, 0.15) is 37.9 Å². The number of hydrogen-bond acceptors (Lipinski definition) is 4. The number of aromatic carboxylic acids is 1. The van der Waals surface area contributed by atoms with E-state index in [0.29, 0.717) is 4.88 Å². The van der Waals surface area contributed by atoms with Gasteiger partial charge in [-0.25, -0.2) is 4.79 Å². The van der Waals surface area contributed by atoms with Crippen LogP contribution in [0.15, 0.2) is 36.4 Å². The highest BCUT2D eigenvalue weighted by Gasteiger charge is 2.21. The molecule has 0 aliphatic carbocycles. The molecule has 1 aromatic carbocycles. The Balaban J connectivity index is 2.15. The van der Waals surface area contributed by atoms with E-state index in [2.05, 4.69) is 0 Å². The molecule has 6 heteroatoms. The van der Waals surface area contributed by atoms with Gasteiger partial charge >= 0.3 is 5.97 Å². The number of carbonyl (C=O) groups excluding carboxylic acids is 1. The van der Waals surface area contributed by atoms with E-state index in [1.807, 2.05) is 31.2 Å². The van der Waals surface area contributed by atoms with Gasteiger partial charge in [-0.05, 0) is 36.8 Å². The molecular formula is C16H17NO4S. The highest BCUT2D eigenvalue weighted by Crippen LogP contribution is 2.25. The molecule has 0 unspecified atom stereocenters. The predicted molar refractivity (Wildman–Crippen MR) is 84.8 cm³/mol. The number of thiophene rings is 1. The summed E-state index contributed by atoms with van der Waals surface area (Å²) in [6.07, 6.45) is 0. The molecule has 0 saturated carbocycles. The number of amides is 1. The van der Waals surface area contributed by atoms with E-state index < -0.39 is 5.97 Å². The fraction of sp³-hybridized carbons (Fsp3) is 0.250. The Kier molecular flexibility index (Phi) is 4.82. The van der Waals surface area contributed by atoms with Gasteiger partial charge in [-0.2, -0.15) is 0 Å². The van der Waals surface area contributed by atoms with E-state index in [4.69, 9.17) is 9.84 Å². The molecule has 0 aliphatic heterocycles. The van der Waals surface area contributed by atoms with Crippen molar-refractivity contribution in [3.05, 3.63) is 51.7 Å². The van der Waals surface area contributed by atoms with Crippen LogP contribution in [-0.4, -0.2) is 36.0 Å². The minimum atomic E-state index is -1.02. The van der Waals surface area contributed by atoms with Crippen LogP contribution in [0.25, 0.3) is 0 Å². The van der Waals surface area contributed by atoms with Gasteiger partial charge in [0, 0.05) is 7.05 Å². The second-order valence-electron chi connectivity index (χ2n) is 4.83. The largest absolute Gasteiger partial charge is 0.497 e. The monoisotopic (exact) mass is 319 g/mol. The molecule has 0 aliphatic rings. The third-order valence-electron chi connectivity index (χ3n) is 3.53. The van der Waals surface area contributed by atoms with Crippen LogP contribution in [0.2, 0.25) is 0 Å². The molecule has 0 bridgehead atoms. The molecule has 0 spiro atoms.